The molecule has 6 heteroatoms. The van der Waals surface area contributed by atoms with Crippen molar-refractivity contribution in [1.29, 1.82) is 0 Å². The number of anilines is 1. The summed E-state index contributed by atoms with van der Waals surface area (Å²) in [7, 11) is 0. The van der Waals surface area contributed by atoms with Gasteiger partial charge in [0.2, 0.25) is 11.8 Å². The fourth-order valence-electron chi connectivity index (χ4n) is 1.50. The first-order valence-corrected chi connectivity index (χ1v) is 6.76. The maximum atomic E-state index is 13.5. The standard InChI is InChI=1S/C15H20F2N2O2/c1-5-9(2)18-13(20)15(3,4)14(21)19-12-10(16)7-6-8-11(12)17/h6-9H,5H2,1-4H3,(H,18,20)(H,19,21). The number of para-hydroxylation sites is 1. The normalized spacial score (nSPS) is 12.7. The molecule has 0 spiro atoms. The smallest absolute Gasteiger partial charge is 0.239 e. The first-order valence-electron chi connectivity index (χ1n) is 6.76. The van der Waals surface area contributed by atoms with Crippen LogP contribution in [0.25, 0.3) is 0 Å². The molecule has 1 unspecified atom stereocenters. The van der Waals surface area contributed by atoms with Crippen molar-refractivity contribution in [3.63, 3.8) is 0 Å². The van der Waals surface area contributed by atoms with Crippen molar-refractivity contribution in [2.45, 2.75) is 40.2 Å². The number of halogens is 2. The molecule has 116 valence electrons. The summed E-state index contributed by atoms with van der Waals surface area (Å²) in [5.41, 5.74) is -2.00. The van der Waals surface area contributed by atoms with E-state index in [9.17, 15) is 18.4 Å². The van der Waals surface area contributed by atoms with Gasteiger partial charge in [-0.3, -0.25) is 9.59 Å². The monoisotopic (exact) mass is 298 g/mol. The van der Waals surface area contributed by atoms with E-state index in [4.69, 9.17) is 0 Å². The Bertz CT molecular complexity index is 524. The molecule has 0 heterocycles. The first kappa shape index (κ1) is 17.1. The Labute approximate surface area is 122 Å². The van der Waals surface area contributed by atoms with Crippen LogP contribution in [0.15, 0.2) is 18.2 Å². The second kappa shape index (κ2) is 6.65. The molecule has 0 aromatic heterocycles. The minimum atomic E-state index is -1.45. The summed E-state index contributed by atoms with van der Waals surface area (Å²) in [5.74, 6) is -3.04. The molecule has 1 aromatic rings. The predicted molar refractivity (Wildman–Crippen MR) is 76.7 cm³/mol. The van der Waals surface area contributed by atoms with Gasteiger partial charge in [0.25, 0.3) is 0 Å². The summed E-state index contributed by atoms with van der Waals surface area (Å²) in [6.45, 7) is 6.51. The van der Waals surface area contributed by atoms with E-state index in [0.717, 1.165) is 12.1 Å². The van der Waals surface area contributed by atoms with Crippen LogP contribution in [0.3, 0.4) is 0 Å². The highest BCUT2D eigenvalue weighted by atomic mass is 19.1. The lowest BCUT2D eigenvalue weighted by atomic mass is 9.90. The Hall–Kier alpha value is -1.98. The molecule has 1 aromatic carbocycles. The maximum Gasteiger partial charge on any atom is 0.239 e. The molecule has 4 nitrogen and oxygen atoms in total. The molecule has 0 saturated carbocycles. The predicted octanol–water partition coefficient (Wildman–Crippen LogP) is 2.84. The van der Waals surface area contributed by atoms with Gasteiger partial charge in [-0.1, -0.05) is 13.0 Å². The summed E-state index contributed by atoms with van der Waals surface area (Å²) >= 11 is 0. The third-order valence-electron chi connectivity index (χ3n) is 3.33. The average Bonchev–Trinajstić information content (AvgIpc) is 2.42. The van der Waals surface area contributed by atoms with Gasteiger partial charge in [-0.2, -0.15) is 0 Å². The van der Waals surface area contributed by atoms with Crippen LogP contribution in [0.5, 0.6) is 0 Å². The largest absolute Gasteiger partial charge is 0.353 e. The first-order chi connectivity index (χ1) is 9.70. The van der Waals surface area contributed by atoms with Crippen molar-refractivity contribution in [2.24, 2.45) is 5.41 Å². The van der Waals surface area contributed by atoms with Crippen molar-refractivity contribution >= 4 is 17.5 Å². The van der Waals surface area contributed by atoms with Crippen molar-refractivity contribution < 1.29 is 18.4 Å². The van der Waals surface area contributed by atoms with Gasteiger partial charge in [-0.15, -0.1) is 0 Å². The number of amides is 2. The highest BCUT2D eigenvalue weighted by Gasteiger charge is 2.37. The highest BCUT2D eigenvalue weighted by Crippen LogP contribution is 2.23. The number of rotatable bonds is 5. The Morgan fingerprint density at radius 1 is 1.19 bits per heavy atom. The molecule has 0 radical (unpaired) electrons. The van der Waals surface area contributed by atoms with E-state index in [-0.39, 0.29) is 6.04 Å². The van der Waals surface area contributed by atoms with Gasteiger partial charge in [0.1, 0.15) is 22.7 Å². The lowest BCUT2D eigenvalue weighted by molar-refractivity contribution is -0.138. The zero-order valence-electron chi connectivity index (χ0n) is 12.6. The molecule has 1 rings (SSSR count). The maximum absolute atomic E-state index is 13.5. The van der Waals surface area contributed by atoms with Crippen LogP contribution < -0.4 is 10.6 Å². The Morgan fingerprint density at radius 2 is 1.71 bits per heavy atom. The molecule has 2 amide bonds. The minimum absolute atomic E-state index is 0.0882. The van der Waals surface area contributed by atoms with Gasteiger partial charge in [0.15, 0.2) is 0 Å². The fourth-order valence-corrected chi connectivity index (χ4v) is 1.50. The molecule has 21 heavy (non-hydrogen) atoms. The Kier molecular flexibility index (Phi) is 5.41. The van der Waals surface area contributed by atoms with Crippen molar-refractivity contribution in [3.05, 3.63) is 29.8 Å². The molecule has 0 aliphatic carbocycles. The third kappa shape index (κ3) is 4.00. The number of nitrogens with one attached hydrogen (secondary N) is 2. The zero-order valence-corrected chi connectivity index (χ0v) is 12.6. The van der Waals surface area contributed by atoms with Gasteiger partial charge < -0.3 is 10.6 Å². The van der Waals surface area contributed by atoms with E-state index in [1.54, 1.807) is 0 Å². The number of hydrogen-bond acceptors (Lipinski definition) is 2. The van der Waals surface area contributed by atoms with Gasteiger partial charge in [-0.05, 0) is 39.3 Å². The summed E-state index contributed by atoms with van der Waals surface area (Å²) in [6.07, 6.45) is 0.714. The molecule has 0 fully saturated rings. The van der Waals surface area contributed by atoms with E-state index in [1.165, 1.54) is 19.9 Å². The summed E-state index contributed by atoms with van der Waals surface area (Å²) in [4.78, 5) is 24.2. The SMILES string of the molecule is CCC(C)NC(=O)C(C)(C)C(=O)Nc1c(F)cccc1F. The second-order valence-corrected chi connectivity index (χ2v) is 5.46. The van der Waals surface area contributed by atoms with E-state index in [1.807, 2.05) is 13.8 Å². The third-order valence-corrected chi connectivity index (χ3v) is 3.33. The van der Waals surface area contributed by atoms with E-state index < -0.39 is 34.6 Å². The quantitative estimate of drug-likeness (QED) is 0.821. The van der Waals surface area contributed by atoms with Crippen LogP contribution >= 0.6 is 0 Å². The van der Waals surface area contributed by atoms with Crippen molar-refractivity contribution in [3.8, 4) is 0 Å². The summed E-state index contributed by atoms with van der Waals surface area (Å²) in [6, 6.07) is 3.17. The number of carbonyl (C=O) groups excluding carboxylic acids is 2. The number of carbonyl (C=O) groups is 2. The van der Waals surface area contributed by atoms with Gasteiger partial charge in [0, 0.05) is 6.04 Å². The van der Waals surface area contributed by atoms with Gasteiger partial charge >= 0.3 is 0 Å². The van der Waals surface area contributed by atoms with Crippen LogP contribution in [-0.4, -0.2) is 17.9 Å². The Balaban J connectivity index is 2.89. The average molecular weight is 298 g/mol. The second-order valence-electron chi connectivity index (χ2n) is 5.46. The van der Waals surface area contributed by atoms with Gasteiger partial charge in [0.05, 0.1) is 0 Å². The number of benzene rings is 1. The van der Waals surface area contributed by atoms with Crippen LogP contribution in [-0.2, 0) is 9.59 Å². The lowest BCUT2D eigenvalue weighted by Gasteiger charge is -2.25. The van der Waals surface area contributed by atoms with Crippen molar-refractivity contribution in [2.75, 3.05) is 5.32 Å². The zero-order chi connectivity index (χ0) is 16.2. The van der Waals surface area contributed by atoms with E-state index in [2.05, 4.69) is 10.6 Å². The fraction of sp³-hybridized carbons (Fsp3) is 0.467. The Morgan fingerprint density at radius 3 is 2.19 bits per heavy atom. The minimum Gasteiger partial charge on any atom is -0.353 e. The highest BCUT2D eigenvalue weighted by molar-refractivity contribution is 6.10. The van der Waals surface area contributed by atoms with Crippen molar-refractivity contribution in [1.82, 2.24) is 5.32 Å². The number of hydrogen-bond donors (Lipinski definition) is 2. The lowest BCUT2D eigenvalue weighted by Crippen LogP contribution is -2.47. The summed E-state index contributed by atoms with van der Waals surface area (Å²) in [5, 5.41) is 4.82. The van der Waals surface area contributed by atoms with Crippen LogP contribution in [0.2, 0.25) is 0 Å². The van der Waals surface area contributed by atoms with Crippen LogP contribution in [0, 0.1) is 17.0 Å². The van der Waals surface area contributed by atoms with Crippen LogP contribution in [0.1, 0.15) is 34.1 Å². The molecule has 0 bridgehead atoms. The molecule has 1 atom stereocenters. The van der Waals surface area contributed by atoms with Gasteiger partial charge in [-0.25, -0.2) is 8.78 Å². The molecule has 2 N–H and O–H groups in total. The topological polar surface area (TPSA) is 58.2 Å². The molecule has 0 aliphatic rings. The van der Waals surface area contributed by atoms with E-state index >= 15 is 0 Å². The van der Waals surface area contributed by atoms with E-state index in [0.29, 0.717) is 6.42 Å². The summed E-state index contributed by atoms with van der Waals surface area (Å²) < 4.78 is 27.0. The molecular weight excluding hydrogens is 278 g/mol. The molecular formula is C15H20F2N2O2. The molecule has 0 aliphatic heterocycles. The molecule has 0 saturated heterocycles. The van der Waals surface area contributed by atoms with Crippen LogP contribution in [0.4, 0.5) is 14.5 Å².